The van der Waals surface area contributed by atoms with Gasteiger partial charge in [-0.25, -0.2) is 0 Å². The molecule has 1 aliphatic heterocycles. The van der Waals surface area contributed by atoms with E-state index in [4.69, 9.17) is 15.2 Å². The minimum Gasteiger partial charge on any atom is -0.508 e. The van der Waals surface area contributed by atoms with E-state index in [1.807, 2.05) is 6.07 Å². The summed E-state index contributed by atoms with van der Waals surface area (Å²) >= 11 is 0. The smallest absolute Gasteiger partial charge is 0.244 e. The largest absolute Gasteiger partial charge is 0.508 e. The van der Waals surface area contributed by atoms with Crippen molar-refractivity contribution in [3.8, 4) is 17.7 Å². The van der Waals surface area contributed by atoms with E-state index in [2.05, 4.69) is 16.3 Å². The number of nitrogens with one attached hydrogen (secondary N) is 1. The Balaban J connectivity index is 2.21. The van der Waals surface area contributed by atoms with Crippen molar-refractivity contribution in [2.75, 3.05) is 7.11 Å². The fourth-order valence-electron chi connectivity index (χ4n) is 2.60. The molecule has 1 aliphatic rings. The molecule has 2 heterocycles. The van der Waals surface area contributed by atoms with Crippen LogP contribution in [0.25, 0.3) is 0 Å². The van der Waals surface area contributed by atoms with Gasteiger partial charge in [0.1, 0.15) is 17.4 Å². The molecule has 1 atom stereocenters. The fraction of sp³-hybridized carbons (Fsp3) is 0.200. The molecule has 0 radical (unpaired) electrons. The molecule has 0 bridgehead atoms. The van der Waals surface area contributed by atoms with E-state index < -0.39 is 5.92 Å². The number of rotatable bonds is 3. The number of H-pyrrole nitrogens is 1. The number of ether oxygens (including phenoxy) is 2. The van der Waals surface area contributed by atoms with E-state index in [-0.39, 0.29) is 17.2 Å². The molecule has 0 amide bonds. The van der Waals surface area contributed by atoms with Crippen LogP contribution in [0, 0.1) is 11.3 Å². The van der Waals surface area contributed by atoms with Gasteiger partial charge in [0.2, 0.25) is 11.8 Å². The molecule has 0 aliphatic carbocycles. The van der Waals surface area contributed by atoms with Gasteiger partial charge >= 0.3 is 0 Å². The lowest BCUT2D eigenvalue weighted by Gasteiger charge is -2.24. The molecular formula is C15H14N4O3. The van der Waals surface area contributed by atoms with E-state index >= 15 is 0 Å². The molecule has 112 valence electrons. The first kappa shape index (κ1) is 14.0. The maximum absolute atomic E-state index is 9.73. The lowest BCUT2D eigenvalue weighted by atomic mass is 9.84. The second-order valence-electron chi connectivity index (χ2n) is 4.87. The lowest BCUT2D eigenvalue weighted by Crippen LogP contribution is -2.21. The summed E-state index contributed by atoms with van der Waals surface area (Å²) in [4.78, 5) is 0. The summed E-state index contributed by atoms with van der Waals surface area (Å²) in [5, 5.41) is 26.1. The molecule has 0 fully saturated rings. The van der Waals surface area contributed by atoms with Gasteiger partial charge in [-0.05, 0) is 17.7 Å². The zero-order chi connectivity index (χ0) is 15.7. The first-order valence-electron chi connectivity index (χ1n) is 6.58. The third kappa shape index (κ3) is 2.16. The third-order valence-electron chi connectivity index (χ3n) is 3.51. The van der Waals surface area contributed by atoms with Crippen LogP contribution >= 0.6 is 0 Å². The standard InChI is InChI=1S/C15H14N4O3/c1-21-7-11-13-12(8-3-2-4-9(20)5-8)10(6-16)14(17)22-15(13)19-18-11/h2-5,12,20H,7,17H2,1H3,(H,18,19)/t12-/m0/s1. The molecule has 1 aromatic heterocycles. The van der Waals surface area contributed by atoms with Crippen LogP contribution in [0.5, 0.6) is 11.6 Å². The lowest BCUT2D eigenvalue weighted by molar-refractivity contribution is 0.180. The maximum Gasteiger partial charge on any atom is 0.244 e. The predicted molar refractivity (Wildman–Crippen MR) is 76.7 cm³/mol. The summed E-state index contributed by atoms with van der Waals surface area (Å²) in [5.74, 6) is -0.0290. The van der Waals surface area contributed by atoms with E-state index in [1.165, 1.54) is 0 Å². The number of fused-ring (bicyclic) bond motifs is 1. The number of nitrogens with zero attached hydrogens (tertiary/aromatic N) is 2. The molecule has 0 saturated heterocycles. The van der Waals surface area contributed by atoms with Gasteiger partial charge in [0, 0.05) is 7.11 Å². The molecule has 1 aromatic carbocycles. The molecule has 0 spiro atoms. The third-order valence-corrected chi connectivity index (χ3v) is 3.51. The fourth-order valence-corrected chi connectivity index (χ4v) is 2.60. The molecular weight excluding hydrogens is 284 g/mol. The van der Waals surface area contributed by atoms with E-state index in [1.54, 1.807) is 25.3 Å². The van der Waals surface area contributed by atoms with Crippen LogP contribution in [0.1, 0.15) is 22.7 Å². The number of phenols is 1. The number of aromatic amines is 1. The average Bonchev–Trinajstić information content (AvgIpc) is 2.88. The second kappa shape index (κ2) is 5.42. The summed E-state index contributed by atoms with van der Waals surface area (Å²) in [6.07, 6.45) is 0. The molecule has 7 heteroatoms. The van der Waals surface area contributed by atoms with Crippen molar-refractivity contribution in [3.63, 3.8) is 0 Å². The van der Waals surface area contributed by atoms with Crippen molar-refractivity contribution in [1.29, 1.82) is 5.26 Å². The topological polar surface area (TPSA) is 117 Å². The number of benzene rings is 1. The van der Waals surface area contributed by atoms with Crippen molar-refractivity contribution < 1.29 is 14.6 Å². The summed E-state index contributed by atoms with van der Waals surface area (Å²) in [6, 6.07) is 8.76. The Labute approximate surface area is 126 Å². The highest BCUT2D eigenvalue weighted by molar-refractivity contribution is 5.55. The van der Waals surface area contributed by atoms with Gasteiger partial charge in [-0.3, -0.25) is 5.10 Å². The highest BCUT2D eigenvalue weighted by Crippen LogP contribution is 2.43. The van der Waals surface area contributed by atoms with Crippen LogP contribution in [-0.4, -0.2) is 22.4 Å². The maximum atomic E-state index is 9.73. The Kier molecular flexibility index (Phi) is 3.45. The van der Waals surface area contributed by atoms with Gasteiger partial charge < -0.3 is 20.3 Å². The minimum atomic E-state index is -0.468. The van der Waals surface area contributed by atoms with E-state index in [9.17, 15) is 10.4 Å². The van der Waals surface area contributed by atoms with Crippen LogP contribution < -0.4 is 10.5 Å². The molecule has 0 unspecified atom stereocenters. The van der Waals surface area contributed by atoms with Gasteiger partial charge in [-0.15, -0.1) is 5.10 Å². The van der Waals surface area contributed by atoms with Gasteiger partial charge in [0.05, 0.1) is 23.8 Å². The zero-order valence-corrected chi connectivity index (χ0v) is 11.8. The van der Waals surface area contributed by atoms with Crippen molar-refractivity contribution >= 4 is 0 Å². The number of nitriles is 1. The SMILES string of the molecule is COCc1[nH]nc2c1[C@@H](c1cccc(O)c1)C(C#N)=C(N)O2. The number of aromatic nitrogens is 2. The number of hydrogen-bond donors (Lipinski definition) is 3. The quantitative estimate of drug-likeness (QED) is 0.790. The molecule has 22 heavy (non-hydrogen) atoms. The van der Waals surface area contributed by atoms with Crippen LogP contribution in [0.2, 0.25) is 0 Å². The number of nitrogens with two attached hydrogens (primary N) is 1. The van der Waals surface area contributed by atoms with Crippen molar-refractivity contribution in [1.82, 2.24) is 10.2 Å². The first-order valence-corrected chi connectivity index (χ1v) is 6.58. The Morgan fingerprint density at radius 1 is 1.55 bits per heavy atom. The highest BCUT2D eigenvalue weighted by Gasteiger charge is 2.35. The van der Waals surface area contributed by atoms with E-state index in [0.717, 1.165) is 5.56 Å². The molecule has 3 rings (SSSR count). The average molecular weight is 298 g/mol. The van der Waals surface area contributed by atoms with Crippen LogP contribution in [0.3, 0.4) is 0 Å². The summed E-state index contributed by atoms with van der Waals surface area (Å²) < 4.78 is 10.6. The Bertz CT molecular complexity index is 788. The number of methoxy groups -OCH3 is 1. The van der Waals surface area contributed by atoms with Crippen molar-refractivity contribution in [2.24, 2.45) is 5.73 Å². The Hall–Kier alpha value is -2.98. The van der Waals surface area contributed by atoms with Gasteiger partial charge in [0.15, 0.2) is 0 Å². The van der Waals surface area contributed by atoms with Crippen LogP contribution in [-0.2, 0) is 11.3 Å². The number of aromatic hydroxyl groups is 1. The van der Waals surface area contributed by atoms with Crippen molar-refractivity contribution in [2.45, 2.75) is 12.5 Å². The molecule has 0 saturated carbocycles. The normalized spacial score (nSPS) is 16.8. The number of hydrogen-bond acceptors (Lipinski definition) is 6. The summed E-state index contributed by atoms with van der Waals surface area (Å²) in [6.45, 7) is 0.291. The van der Waals surface area contributed by atoms with Crippen LogP contribution in [0.15, 0.2) is 35.7 Å². The zero-order valence-electron chi connectivity index (χ0n) is 11.8. The molecule has 2 aromatic rings. The monoisotopic (exact) mass is 298 g/mol. The number of phenolic OH excluding ortho intramolecular Hbond substituents is 1. The van der Waals surface area contributed by atoms with Gasteiger partial charge in [-0.1, -0.05) is 12.1 Å². The second-order valence-corrected chi connectivity index (χ2v) is 4.87. The predicted octanol–water partition coefficient (Wildman–Crippen LogP) is 1.48. The van der Waals surface area contributed by atoms with Gasteiger partial charge in [0.25, 0.3) is 0 Å². The molecule has 4 N–H and O–H groups in total. The summed E-state index contributed by atoms with van der Waals surface area (Å²) in [7, 11) is 1.57. The Morgan fingerprint density at radius 2 is 2.36 bits per heavy atom. The summed E-state index contributed by atoms with van der Waals surface area (Å²) in [5.41, 5.74) is 8.23. The minimum absolute atomic E-state index is 0.0128. The van der Waals surface area contributed by atoms with E-state index in [0.29, 0.717) is 23.7 Å². The number of allylic oxidation sites excluding steroid dienone is 1. The first-order chi connectivity index (χ1) is 10.7. The van der Waals surface area contributed by atoms with Crippen LogP contribution in [0.4, 0.5) is 0 Å². The highest BCUT2D eigenvalue weighted by atomic mass is 16.5. The van der Waals surface area contributed by atoms with Gasteiger partial charge in [-0.2, -0.15) is 5.26 Å². The molecule has 7 nitrogen and oxygen atoms in total. The Morgan fingerprint density at radius 3 is 3.05 bits per heavy atom. The van der Waals surface area contributed by atoms with Crippen molar-refractivity contribution in [3.05, 3.63) is 52.5 Å².